The van der Waals surface area contributed by atoms with Crippen molar-refractivity contribution in [3.63, 3.8) is 0 Å². The van der Waals surface area contributed by atoms with Gasteiger partial charge in [-0.3, -0.25) is 14.4 Å². The zero-order valence-corrected chi connectivity index (χ0v) is 19.3. The topological polar surface area (TPSA) is 133 Å². The Balaban J connectivity index is 1.64. The van der Waals surface area contributed by atoms with Crippen molar-refractivity contribution in [1.29, 1.82) is 0 Å². The molecule has 0 radical (unpaired) electrons. The van der Waals surface area contributed by atoms with Gasteiger partial charge in [0.05, 0.1) is 4.90 Å². The number of hydrogen-bond donors (Lipinski definition) is 3. The summed E-state index contributed by atoms with van der Waals surface area (Å²) in [6, 6.07) is 11.8. The van der Waals surface area contributed by atoms with Crippen LogP contribution in [0.3, 0.4) is 0 Å². The Kier molecular flexibility index (Phi) is 7.50. The molecule has 0 bridgehead atoms. The van der Waals surface area contributed by atoms with E-state index in [9.17, 15) is 22.8 Å². The highest BCUT2D eigenvalue weighted by Crippen LogP contribution is 2.27. The van der Waals surface area contributed by atoms with E-state index in [1.165, 1.54) is 52.8 Å². The molecule has 0 unspecified atom stereocenters. The molecule has 0 spiro atoms. The maximum absolute atomic E-state index is 13.0. The molecule has 9 nitrogen and oxygen atoms in total. The lowest BCUT2D eigenvalue weighted by Gasteiger charge is -2.34. The largest absolute Gasteiger partial charge is 0.480 e. The van der Waals surface area contributed by atoms with Crippen molar-refractivity contribution >= 4 is 33.5 Å². The number of carboxylic acid groups (broad SMARTS) is 1. The summed E-state index contributed by atoms with van der Waals surface area (Å²) in [5.41, 5.74) is 0.977. The lowest BCUT2D eigenvalue weighted by molar-refractivity contribution is -0.135. The monoisotopic (exact) mass is 473 g/mol. The molecule has 0 aliphatic carbocycles. The Morgan fingerprint density at radius 3 is 1.97 bits per heavy atom. The van der Waals surface area contributed by atoms with Crippen LogP contribution in [0.2, 0.25) is 0 Å². The minimum atomic E-state index is -3.63. The van der Waals surface area contributed by atoms with Crippen LogP contribution >= 0.6 is 0 Å². The minimum Gasteiger partial charge on any atom is -0.480 e. The number of amides is 2. The molecule has 2 atom stereocenters. The minimum absolute atomic E-state index is 0.150. The smallest absolute Gasteiger partial charge is 0.322 e. The normalized spacial score (nSPS) is 19.0. The zero-order chi connectivity index (χ0) is 24.2. The van der Waals surface area contributed by atoms with Gasteiger partial charge < -0.3 is 15.7 Å². The first kappa shape index (κ1) is 24.4. The highest BCUT2D eigenvalue weighted by atomic mass is 32.2. The number of hydrogen-bond acceptors (Lipinski definition) is 5. The molecule has 1 fully saturated rings. The average molecular weight is 474 g/mol. The first-order valence-electron chi connectivity index (χ1n) is 10.6. The van der Waals surface area contributed by atoms with Crippen LogP contribution in [0, 0.1) is 11.8 Å². The third-order valence-electron chi connectivity index (χ3n) is 5.39. The average Bonchev–Trinajstić information content (AvgIpc) is 2.77. The summed E-state index contributed by atoms with van der Waals surface area (Å²) in [6.07, 6.45) is 0.999. The van der Waals surface area contributed by atoms with Crippen LogP contribution in [0.15, 0.2) is 53.4 Å². The number of carbonyl (C=O) groups excluding carboxylic acids is 2. The predicted octanol–water partition coefficient (Wildman–Crippen LogP) is 2.42. The Morgan fingerprint density at radius 2 is 1.42 bits per heavy atom. The fourth-order valence-electron chi connectivity index (χ4n) is 3.90. The summed E-state index contributed by atoms with van der Waals surface area (Å²) >= 11 is 0. The van der Waals surface area contributed by atoms with E-state index < -0.39 is 34.4 Å². The SMILES string of the molecule is C[C@@H]1C[C@H](C)CN(S(=O)(=O)c2ccc(C(=O)Nc3ccc(C(=O)NCC(=O)O)cc3)cc2)C1. The van der Waals surface area contributed by atoms with E-state index in [1.807, 2.05) is 13.8 Å². The van der Waals surface area contributed by atoms with Crippen molar-refractivity contribution in [2.45, 2.75) is 25.2 Å². The van der Waals surface area contributed by atoms with Crippen molar-refractivity contribution < 1.29 is 27.9 Å². The Hall–Kier alpha value is -3.24. The molecule has 2 aromatic rings. The number of rotatable bonds is 7. The molecule has 176 valence electrons. The van der Waals surface area contributed by atoms with Gasteiger partial charge in [-0.25, -0.2) is 8.42 Å². The number of carbonyl (C=O) groups is 3. The van der Waals surface area contributed by atoms with Crippen LogP contribution < -0.4 is 10.6 Å². The van der Waals surface area contributed by atoms with Crippen molar-refractivity contribution in [3.05, 3.63) is 59.7 Å². The van der Waals surface area contributed by atoms with Crippen LogP contribution in [-0.4, -0.2) is 55.2 Å². The van der Waals surface area contributed by atoms with E-state index in [0.717, 1.165) is 6.42 Å². The molecule has 0 saturated carbocycles. The summed E-state index contributed by atoms with van der Waals surface area (Å²) < 4.78 is 27.5. The number of anilines is 1. The fraction of sp³-hybridized carbons (Fsp3) is 0.348. The summed E-state index contributed by atoms with van der Waals surface area (Å²) in [6.45, 7) is 4.57. The van der Waals surface area contributed by atoms with E-state index in [-0.39, 0.29) is 16.0 Å². The number of carboxylic acids is 1. The van der Waals surface area contributed by atoms with Crippen molar-refractivity contribution in [3.8, 4) is 0 Å². The van der Waals surface area contributed by atoms with Crippen molar-refractivity contribution in [2.24, 2.45) is 11.8 Å². The molecule has 3 rings (SSSR count). The maximum Gasteiger partial charge on any atom is 0.322 e. The summed E-state index contributed by atoms with van der Waals surface area (Å²) in [4.78, 5) is 35.1. The van der Waals surface area contributed by atoms with E-state index in [2.05, 4.69) is 10.6 Å². The third kappa shape index (κ3) is 6.17. The van der Waals surface area contributed by atoms with Gasteiger partial charge >= 0.3 is 5.97 Å². The first-order valence-corrected chi connectivity index (χ1v) is 12.0. The first-order chi connectivity index (χ1) is 15.6. The van der Waals surface area contributed by atoms with E-state index in [1.54, 1.807) is 0 Å². The van der Waals surface area contributed by atoms with Gasteiger partial charge in [-0.2, -0.15) is 4.31 Å². The second-order valence-corrected chi connectivity index (χ2v) is 10.3. The van der Waals surface area contributed by atoms with E-state index >= 15 is 0 Å². The lowest BCUT2D eigenvalue weighted by atomic mass is 9.94. The van der Waals surface area contributed by atoms with Crippen LogP contribution in [0.1, 0.15) is 41.0 Å². The van der Waals surface area contributed by atoms with Gasteiger partial charge in [0.25, 0.3) is 11.8 Å². The maximum atomic E-state index is 13.0. The molecule has 33 heavy (non-hydrogen) atoms. The standard InChI is InChI=1S/C23H27N3O6S/c1-15-11-16(2)14-26(13-15)33(31,32)20-9-5-18(6-10-20)23(30)25-19-7-3-17(4-8-19)22(29)24-12-21(27)28/h3-10,15-16H,11-14H2,1-2H3,(H,24,29)(H,25,30)(H,27,28)/t15-,16+. The van der Waals surface area contributed by atoms with Gasteiger partial charge in [-0.15, -0.1) is 0 Å². The summed E-state index contributed by atoms with van der Waals surface area (Å²) in [5.74, 6) is -1.52. The Morgan fingerprint density at radius 1 is 0.909 bits per heavy atom. The molecular formula is C23H27N3O6S. The van der Waals surface area contributed by atoms with Gasteiger partial charge in [0.2, 0.25) is 10.0 Å². The molecule has 2 aromatic carbocycles. The van der Waals surface area contributed by atoms with Gasteiger partial charge in [0.1, 0.15) is 6.54 Å². The summed E-state index contributed by atoms with van der Waals surface area (Å²) in [5, 5.41) is 13.5. The number of benzene rings is 2. The van der Waals surface area contributed by atoms with Crippen molar-refractivity contribution in [2.75, 3.05) is 25.0 Å². The number of aliphatic carboxylic acids is 1. The number of sulfonamides is 1. The van der Waals surface area contributed by atoms with E-state index in [4.69, 9.17) is 5.11 Å². The molecule has 2 amide bonds. The predicted molar refractivity (Wildman–Crippen MR) is 123 cm³/mol. The quantitative estimate of drug-likeness (QED) is 0.566. The van der Waals surface area contributed by atoms with Crippen LogP contribution in [0.4, 0.5) is 5.69 Å². The molecular weight excluding hydrogens is 446 g/mol. The number of nitrogens with zero attached hydrogens (tertiary/aromatic N) is 1. The number of nitrogens with one attached hydrogen (secondary N) is 2. The van der Waals surface area contributed by atoms with Gasteiger partial charge in [0.15, 0.2) is 0 Å². The third-order valence-corrected chi connectivity index (χ3v) is 7.24. The van der Waals surface area contributed by atoms with Gasteiger partial charge in [-0.1, -0.05) is 13.8 Å². The van der Waals surface area contributed by atoms with Gasteiger partial charge in [0, 0.05) is 29.9 Å². The highest BCUT2D eigenvalue weighted by Gasteiger charge is 2.31. The zero-order valence-electron chi connectivity index (χ0n) is 18.4. The lowest BCUT2D eigenvalue weighted by Crippen LogP contribution is -2.42. The molecule has 1 aliphatic rings. The second kappa shape index (κ2) is 10.1. The summed E-state index contributed by atoms with van der Waals surface area (Å²) in [7, 11) is -3.63. The molecule has 3 N–H and O–H groups in total. The Labute approximate surface area is 192 Å². The highest BCUT2D eigenvalue weighted by molar-refractivity contribution is 7.89. The number of piperidine rings is 1. The van der Waals surface area contributed by atoms with Crippen molar-refractivity contribution in [1.82, 2.24) is 9.62 Å². The Bertz CT molecular complexity index is 1120. The fourth-order valence-corrected chi connectivity index (χ4v) is 5.58. The van der Waals surface area contributed by atoms with Crippen LogP contribution in [0.5, 0.6) is 0 Å². The molecule has 10 heteroatoms. The van der Waals surface area contributed by atoms with E-state index in [0.29, 0.717) is 30.6 Å². The van der Waals surface area contributed by atoms with Crippen LogP contribution in [0.25, 0.3) is 0 Å². The molecule has 1 aliphatic heterocycles. The molecule has 1 heterocycles. The van der Waals surface area contributed by atoms with Crippen LogP contribution in [-0.2, 0) is 14.8 Å². The van der Waals surface area contributed by atoms with Gasteiger partial charge in [-0.05, 0) is 66.8 Å². The second-order valence-electron chi connectivity index (χ2n) is 8.40. The molecule has 1 saturated heterocycles. The molecule has 0 aromatic heterocycles.